The predicted molar refractivity (Wildman–Crippen MR) is 83.8 cm³/mol. The van der Waals surface area contributed by atoms with Crippen LogP contribution in [0.3, 0.4) is 0 Å². The zero-order valence-corrected chi connectivity index (χ0v) is 13.9. The number of nitrogens with zero attached hydrogens (tertiary/aromatic N) is 1. The first-order chi connectivity index (χ1) is 9.84. The molecule has 0 aromatic heterocycles. The fourth-order valence-electron chi connectivity index (χ4n) is 3.79. The average molecular weight is 294 g/mol. The molecule has 0 bridgehead atoms. The van der Waals surface area contributed by atoms with Crippen molar-refractivity contribution >= 4 is 11.8 Å². The molecular weight excluding hydrogens is 264 g/mol. The molecule has 21 heavy (non-hydrogen) atoms. The van der Waals surface area contributed by atoms with Crippen molar-refractivity contribution in [3.63, 3.8) is 0 Å². The van der Waals surface area contributed by atoms with Gasteiger partial charge in [-0.05, 0) is 30.6 Å². The molecule has 2 amide bonds. The third-order valence-corrected chi connectivity index (χ3v) is 4.78. The summed E-state index contributed by atoms with van der Waals surface area (Å²) in [4.78, 5) is 27.3. The first-order valence-corrected chi connectivity index (χ1v) is 8.45. The molecule has 2 aliphatic rings. The van der Waals surface area contributed by atoms with E-state index in [2.05, 4.69) is 12.2 Å². The second kappa shape index (κ2) is 6.37. The molecule has 0 aromatic rings. The van der Waals surface area contributed by atoms with Gasteiger partial charge in [0.2, 0.25) is 11.8 Å². The minimum atomic E-state index is -0.335. The smallest absolute Gasteiger partial charge is 0.245 e. The highest BCUT2D eigenvalue weighted by molar-refractivity contribution is 5.97. The monoisotopic (exact) mass is 294 g/mol. The Hall–Kier alpha value is -1.06. The molecule has 1 N–H and O–H groups in total. The fraction of sp³-hybridized carbons (Fsp3) is 0.882. The van der Waals surface area contributed by atoms with Crippen LogP contribution in [0.15, 0.2) is 0 Å². The molecule has 0 aromatic carbocycles. The minimum absolute atomic E-state index is 0.0264. The standard InChI is InChI=1S/C17H30N2O2/c1-5-8-13-16(21)19(11-12-9-6-7-10-12)14(15(20)18-13)17(2,3)4/h12-14H,5-11H2,1-4H3,(H,18,20). The zero-order chi connectivity index (χ0) is 15.6. The Labute approximate surface area is 128 Å². The van der Waals surface area contributed by atoms with Gasteiger partial charge in [0.05, 0.1) is 0 Å². The summed E-state index contributed by atoms with van der Waals surface area (Å²) in [6.45, 7) is 8.95. The van der Waals surface area contributed by atoms with E-state index in [0.29, 0.717) is 5.92 Å². The van der Waals surface area contributed by atoms with Gasteiger partial charge in [-0.3, -0.25) is 9.59 Å². The van der Waals surface area contributed by atoms with Crippen LogP contribution in [0.25, 0.3) is 0 Å². The first kappa shape index (κ1) is 16.3. The molecule has 1 heterocycles. The Morgan fingerprint density at radius 3 is 2.33 bits per heavy atom. The zero-order valence-electron chi connectivity index (χ0n) is 13.9. The Kier molecular flexibility index (Phi) is 4.95. The van der Waals surface area contributed by atoms with E-state index in [0.717, 1.165) is 19.4 Å². The number of piperazine rings is 1. The van der Waals surface area contributed by atoms with E-state index in [9.17, 15) is 9.59 Å². The van der Waals surface area contributed by atoms with Crippen LogP contribution in [-0.4, -0.2) is 35.3 Å². The highest BCUT2D eigenvalue weighted by Gasteiger charge is 2.46. The van der Waals surface area contributed by atoms with Gasteiger partial charge >= 0.3 is 0 Å². The summed E-state index contributed by atoms with van der Waals surface area (Å²) in [7, 11) is 0. The van der Waals surface area contributed by atoms with E-state index >= 15 is 0 Å². The molecule has 0 spiro atoms. The van der Waals surface area contributed by atoms with Crippen LogP contribution in [0.4, 0.5) is 0 Å². The Balaban J connectivity index is 2.21. The number of hydrogen-bond acceptors (Lipinski definition) is 2. The number of amides is 2. The van der Waals surface area contributed by atoms with Crippen molar-refractivity contribution < 1.29 is 9.59 Å². The topological polar surface area (TPSA) is 49.4 Å². The molecule has 0 radical (unpaired) electrons. The van der Waals surface area contributed by atoms with E-state index in [1.807, 2.05) is 25.7 Å². The van der Waals surface area contributed by atoms with Gasteiger partial charge in [-0.25, -0.2) is 0 Å². The molecule has 2 rings (SSSR count). The summed E-state index contributed by atoms with van der Waals surface area (Å²) in [5.74, 6) is 0.730. The summed E-state index contributed by atoms with van der Waals surface area (Å²) in [6.07, 6.45) is 6.56. The Morgan fingerprint density at radius 1 is 1.19 bits per heavy atom. The van der Waals surface area contributed by atoms with Crippen LogP contribution in [0.2, 0.25) is 0 Å². The van der Waals surface area contributed by atoms with Crippen molar-refractivity contribution in [2.75, 3.05) is 6.54 Å². The average Bonchev–Trinajstić information content (AvgIpc) is 2.86. The van der Waals surface area contributed by atoms with E-state index in [1.165, 1.54) is 25.7 Å². The first-order valence-electron chi connectivity index (χ1n) is 8.45. The Bertz CT molecular complexity index is 394. The van der Waals surface area contributed by atoms with Crippen LogP contribution in [0.5, 0.6) is 0 Å². The molecule has 1 aliphatic carbocycles. The van der Waals surface area contributed by atoms with Crippen molar-refractivity contribution in [1.82, 2.24) is 10.2 Å². The number of rotatable bonds is 4. The number of hydrogen-bond donors (Lipinski definition) is 1. The number of carbonyl (C=O) groups is 2. The lowest BCUT2D eigenvalue weighted by molar-refractivity contribution is -0.154. The maximum atomic E-state index is 12.8. The SMILES string of the molecule is CCCC1NC(=O)C(C(C)(C)C)N(CC2CCCC2)C1=O. The molecule has 2 atom stereocenters. The second-order valence-corrected chi connectivity index (χ2v) is 7.76. The fourth-order valence-corrected chi connectivity index (χ4v) is 3.79. The van der Waals surface area contributed by atoms with Gasteiger partial charge in [0.15, 0.2) is 0 Å². The normalized spacial score (nSPS) is 28.1. The van der Waals surface area contributed by atoms with Gasteiger partial charge < -0.3 is 10.2 Å². The van der Waals surface area contributed by atoms with Crippen molar-refractivity contribution in [1.29, 1.82) is 0 Å². The van der Waals surface area contributed by atoms with Gasteiger partial charge in [0.1, 0.15) is 12.1 Å². The highest BCUT2D eigenvalue weighted by atomic mass is 16.2. The maximum Gasteiger partial charge on any atom is 0.245 e. The van der Waals surface area contributed by atoms with Gasteiger partial charge in [-0.15, -0.1) is 0 Å². The van der Waals surface area contributed by atoms with E-state index in [4.69, 9.17) is 0 Å². The molecule has 1 aliphatic heterocycles. The van der Waals surface area contributed by atoms with Crippen molar-refractivity contribution in [3.8, 4) is 0 Å². The summed E-state index contributed by atoms with van der Waals surface area (Å²) < 4.78 is 0. The van der Waals surface area contributed by atoms with E-state index < -0.39 is 0 Å². The predicted octanol–water partition coefficient (Wildman–Crippen LogP) is 2.72. The molecule has 2 unspecified atom stereocenters. The minimum Gasteiger partial charge on any atom is -0.342 e. The van der Waals surface area contributed by atoms with E-state index in [1.54, 1.807) is 0 Å². The maximum absolute atomic E-state index is 12.8. The highest BCUT2D eigenvalue weighted by Crippen LogP contribution is 2.32. The largest absolute Gasteiger partial charge is 0.342 e. The molecule has 2 fully saturated rings. The quantitative estimate of drug-likeness (QED) is 0.866. The molecule has 1 saturated carbocycles. The lowest BCUT2D eigenvalue weighted by Crippen LogP contribution is -2.67. The number of carbonyl (C=O) groups excluding carboxylic acids is 2. The van der Waals surface area contributed by atoms with Gasteiger partial charge in [0, 0.05) is 6.54 Å². The third-order valence-electron chi connectivity index (χ3n) is 4.78. The van der Waals surface area contributed by atoms with Crippen LogP contribution in [0, 0.1) is 11.3 Å². The molecule has 4 heteroatoms. The van der Waals surface area contributed by atoms with Gasteiger partial charge in [-0.1, -0.05) is 47.0 Å². The molecule has 1 saturated heterocycles. The summed E-state index contributed by atoms with van der Waals surface area (Å²) in [5, 5.41) is 2.95. The summed E-state index contributed by atoms with van der Waals surface area (Å²) in [6, 6.07) is -0.652. The molecular formula is C17H30N2O2. The van der Waals surface area contributed by atoms with Crippen LogP contribution < -0.4 is 5.32 Å². The lowest BCUT2D eigenvalue weighted by Gasteiger charge is -2.45. The van der Waals surface area contributed by atoms with Crippen LogP contribution in [-0.2, 0) is 9.59 Å². The van der Waals surface area contributed by atoms with Gasteiger partial charge in [0.25, 0.3) is 0 Å². The second-order valence-electron chi connectivity index (χ2n) is 7.76. The summed E-state index contributed by atoms with van der Waals surface area (Å²) in [5.41, 5.74) is -0.227. The number of nitrogens with one attached hydrogen (secondary N) is 1. The molecule has 120 valence electrons. The van der Waals surface area contributed by atoms with Gasteiger partial charge in [-0.2, -0.15) is 0 Å². The third kappa shape index (κ3) is 3.58. The van der Waals surface area contributed by atoms with E-state index in [-0.39, 0.29) is 29.3 Å². The lowest BCUT2D eigenvalue weighted by atomic mass is 9.82. The summed E-state index contributed by atoms with van der Waals surface area (Å²) >= 11 is 0. The molecule has 4 nitrogen and oxygen atoms in total. The Morgan fingerprint density at radius 2 is 1.81 bits per heavy atom. The van der Waals surface area contributed by atoms with Crippen molar-refractivity contribution in [2.45, 2.75) is 78.3 Å². The van der Waals surface area contributed by atoms with Crippen LogP contribution in [0.1, 0.15) is 66.2 Å². The van der Waals surface area contributed by atoms with Crippen molar-refractivity contribution in [2.24, 2.45) is 11.3 Å². The van der Waals surface area contributed by atoms with Crippen LogP contribution >= 0.6 is 0 Å². The van der Waals surface area contributed by atoms with Crippen molar-refractivity contribution in [3.05, 3.63) is 0 Å².